The van der Waals surface area contributed by atoms with Crippen molar-refractivity contribution in [3.63, 3.8) is 0 Å². The van der Waals surface area contributed by atoms with Crippen molar-refractivity contribution in [1.29, 1.82) is 0 Å². The molecule has 0 atom stereocenters. The monoisotopic (exact) mass is 389 g/mol. The van der Waals surface area contributed by atoms with E-state index >= 15 is 0 Å². The first-order valence-electron chi connectivity index (χ1n) is 6.71. The minimum Gasteiger partial charge on any atom is -0.494 e. The van der Waals surface area contributed by atoms with Crippen LogP contribution in [0.3, 0.4) is 0 Å². The van der Waals surface area contributed by atoms with Gasteiger partial charge in [0.25, 0.3) is 0 Å². The third kappa shape index (κ3) is 4.53. The van der Waals surface area contributed by atoms with Crippen LogP contribution in [-0.2, 0) is 6.54 Å². The summed E-state index contributed by atoms with van der Waals surface area (Å²) in [6, 6.07) is 7.82. The van der Waals surface area contributed by atoms with Crippen LogP contribution >= 0.6 is 38.9 Å². The topological polar surface area (TPSA) is 30.5 Å². The number of nitrogens with one attached hydrogen (secondary N) is 1. The second kappa shape index (κ2) is 7.92. The summed E-state index contributed by atoms with van der Waals surface area (Å²) in [5.41, 5.74) is 0.920. The molecule has 114 valence electrons. The molecular weight excluding hydrogens is 374 g/mol. The van der Waals surface area contributed by atoms with E-state index in [9.17, 15) is 0 Å². The SMILES string of the molecule is CCOc1ccc(OCC)c(NCc2cc(Br)c(Cl)s2)c1. The van der Waals surface area contributed by atoms with E-state index in [1.165, 1.54) is 0 Å². The van der Waals surface area contributed by atoms with Gasteiger partial charge in [0.1, 0.15) is 15.8 Å². The molecule has 0 unspecified atom stereocenters. The quantitative estimate of drug-likeness (QED) is 0.670. The van der Waals surface area contributed by atoms with Gasteiger partial charge in [0.05, 0.1) is 18.9 Å². The zero-order valence-corrected chi connectivity index (χ0v) is 15.1. The van der Waals surface area contributed by atoms with E-state index in [4.69, 9.17) is 21.1 Å². The molecule has 2 rings (SSSR count). The standard InChI is InChI=1S/C15H17BrClNO2S/c1-3-19-10-5-6-14(20-4-2)13(7-10)18-9-11-8-12(16)15(17)21-11/h5-8,18H,3-4,9H2,1-2H3. The number of benzene rings is 1. The molecule has 0 aliphatic carbocycles. The molecule has 0 fully saturated rings. The predicted molar refractivity (Wildman–Crippen MR) is 93.1 cm³/mol. The maximum atomic E-state index is 6.06. The molecule has 0 aliphatic rings. The average Bonchev–Trinajstić information content (AvgIpc) is 2.78. The predicted octanol–water partition coefficient (Wildman–Crippen LogP) is 5.57. The Morgan fingerprint density at radius 1 is 1.19 bits per heavy atom. The number of rotatable bonds is 7. The van der Waals surface area contributed by atoms with Crippen LogP contribution in [0.25, 0.3) is 0 Å². The highest BCUT2D eigenvalue weighted by Crippen LogP contribution is 2.34. The van der Waals surface area contributed by atoms with Crippen molar-refractivity contribution in [1.82, 2.24) is 0 Å². The molecule has 21 heavy (non-hydrogen) atoms. The van der Waals surface area contributed by atoms with Gasteiger partial charge in [0.2, 0.25) is 0 Å². The molecule has 1 aromatic carbocycles. The lowest BCUT2D eigenvalue weighted by Gasteiger charge is -2.13. The molecule has 1 heterocycles. The highest BCUT2D eigenvalue weighted by molar-refractivity contribution is 9.10. The molecule has 0 radical (unpaired) electrons. The summed E-state index contributed by atoms with van der Waals surface area (Å²) in [7, 11) is 0. The molecule has 1 aromatic heterocycles. The molecule has 2 aromatic rings. The molecule has 0 amide bonds. The van der Waals surface area contributed by atoms with E-state index in [-0.39, 0.29) is 0 Å². The maximum Gasteiger partial charge on any atom is 0.142 e. The van der Waals surface area contributed by atoms with E-state index < -0.39 is 0 Å². The smallest absolute Gasteiger partial charge is 0.142 e. The van der Waals surface area contributed by atoms with Gasteiger partial charge in [-0.3, -0.25) is 0 Å². The highest BCUT2D eigenvalue weighted by atomic mass is 79.9. The molecular formula is C15H17BrClNO2S. The molecule has 6 heteroatoms. The minimum absolute atomic E-state index is 0.624. The van der Waals surface area contributed by atoms with E-state index in [2.05, 4.69) is 21.2 Å². The Kier molecular flexibility index (Phi) is 6.21. The van der Waals surface area contributed by atoms with Crippen LogP contribution in [0.1, 0.15) is 18.7 Å². The van der Waals surface area contributed by atoms with Crippen LogP contribution in [0.2, 0.25) is 4.34 Å². The first-order chi connectivity index (χ1) is 10.1. The molecule has 0 aliphatic heterocycles. The number of ether oxygens (including phenoxy) is 2. The van der Waals surface area contributed by atoms with Crippen LogP contribution in [0, 0.1) is 0 Å². The third-order valence-corrected chi connectivity index (χ3v) is 5.19. The summed E-state index contributed by atoms with van der Waals surface area (Å²) in [6.07, 6.45) is 0. The van der Waals surface area contributed by atoms with E-state index in [0.29, 0.717) is 19.8 Å². The van der Waals surface area contributed by atoms with Crippen molar-refractivity contribution in [3.05, 3.63) is 38.0 Å². The van der Waals surface area contributed by atoms with E-state index in [0.717, 1.165) is 30.9 Å². The Morgan fingerprint density at radius 3 is 2.57 bits per heavy atom. The Morgan fingerprint density at radius 2 is 1.95 bits per heavy atom. The van der Waals surface area contributed by atoms with Crippen LogP contribution in [-0.4, -0.2) is 13.2 Å². The van der Waals surface area contributed by atoms with Crippen molar-refractivity contribution in [2.45, 2.75) is 20.4 Å². The number of hydrogen-bond acceptors (Lipinski definition) is 4. The first-order valence-corrected chi connectivity index (χ1v) is 8.70. The maximum absolute atomic E-state index is 6.06. The van der Waals surface area contributed by atoms with Crippen molar-refractivity contribution in [2.24, 2.45) is 0 Å². The van der Waals surface area contributed by atoms with Crippen molar-refractivity contribution in [3.8, 4) is 11.5 Å². The minimum atomic E-state index is 0.624. The lowest BCUT2D eigenvalue weighted by Crippen LogP contribution is -2.02. The highest BCUT2D eigenvalue weighted by Gasteiger charge is 2.08. The number of halogens is 2. The molecule has 1 N–H and O–H groups in total. The van der Waals surface area contributed by atoms with E-state index in [1.54, 1.807) is 11.3 Å². The van der Waals surface area contributed by atoms with Gasteiger partial charge in [-0.1, -0.05) is 11.6 Å². The summed E-state index contributed by atoms with van der Waals surface area (Å²) < 4.78 is 12.9. The third-order valence-electron chi connectivity index (χ3n) is 2.71. The fraction of sp³-hybridized carbons (Fsp3) is 0.333. The van der Waals surface area contributed by atoms with Gasteiger partial charge in [-0.15, -0.1) is 11.3 Å². The fourth-order valence-corrected chi connectivity index (χ4v) is 3.58. The lowest BCUT2D eigenvalue weighted by atomic mass is 10.2. The van der Waals surface area contributed by atoms with Crippen LogP contribution in [0.15, 0.2) is 28.7 Å². The Labute approximate surface area is 142 Å². The lowest BCUT2D eigenvalue weighted by molar-refractivity contribution is 0.332. The van der Waals surface area contributed by atoms with Crippen molar-refractivity contribution in [2.75, 3.05) is 18.5 Å². The number of thiophene rings is 1. The summed E-state index contributed by atoms with van der Waals surface area (Å²) in [5, 5.41) is 3.38. The fourth-order valence-electron chi connectivity index (χ4n) is 1.85. The average molecular weight is 391 g/mol. The van der Waals surface area contributed by atoms with Gasteiger partial charge < -0.3 is 14.8 Å². The second-order valence-electron chi connectivity index (χ2n) is 4.21. The van der Waals surface area contributed by atoms with Crippen LogP contribution < -0.4 is 14.8 Å². The number of anilines is 1. The zero-order chi connectivity index (χ0) is 15.2. The molecule has 0 spiro atoms. The Balaban J connectivity index is 2.13. The van der Waals surface area contributed by atoms with Crippen LogP contribution in [0.4, 0.5) is 5.69 Å². The second-order valence-corrected chi connectivity index (χ2v) is 6.81. The van der Waals surface area contributed by atoms with Crippen molar-refractivity contribution >= 4 is 44.6 Å². The first kappa shape index (κ1) is 16.5. The summed E-state index contributed by atoms with van der Waals surface area (Å²) in [5.74, 6) is 1.65. The zero-order valence-electron chi connectivity index (χ0n) is 11.9. The van der Waals surface area contributed by atoms with Gasteiger partial charge in [0.15, 0.2) is 0 Å². The van der Waals surface area contributed by atoms with E-state index in [1.807, 2.05) is 38.1 Å². The van der Waals surface area contributed by atoms with Gasteiger partial charge >= 0.3 is 0 Å². The Bertz CT molecular complexity index is 584. The van der Waals surface area contributed by atoms with Gasteiger partial charge in [0, 0.05) is 22.0 Å². The summed E-state index contributed by atoms with van der Waals surface area (Å²) >= 11 is 11.0. The molecule has 0 saturated carbocycles. The summed E-state index contributed by atoms with van der Waals surface area (Å²) in [4.78, 5) is 1.15. The summed E-state index contributed by atoms with van der Waals surface area (Å²) in [6.45, 7) is 5.89. The van der Waals surface area contributed by atoms with Gasteiger partial charge in [-0.05, 0) is 48.0 Å². The van der Waals surface area contributed by atoms with Crippen LogP contribution in [0.5, 0.6) is 11.5 Å². The number of hydrogen-bond donors (Lipinski definition) is 1. The van der Waals surface area contributed by atoms with Gasteiger partial charge in [-0.25, -0.2) is 0 Å². The largest absolute Gasteiger partial charge is 0.494 e. The Hall–Kier alpha value is -0.910. The van der Waals surface area contributed by atoms with Gasteiger partial charge in [-0.2, -0.15) is 0 Å². The molecule has 0 saturated heterocycles. The molecule has 0 bridgehead atoms. The van der Waals surface area contributed by atoms with Crippen molar-refractivity contribution < 1.29 is 9.47 Å². The molecule has 3 nitrogen and oxygen atoms in total. The normalized spacial score (nSPS) is 10.5.